The first kappa shape index (κ1) is 27.9. The molecule has 0 bridgehead atoms. The van der Waals surface area contributed by atoms with Gasteiger partial charge in [-0.15, -0.1) is 18.3 Å². The molecule has 2 atom stereocenters. The Morgan fingerprint density at radius 1 is 1.03 bits per heavy atom. The van der Waals surface area contributed by atoms with Crippen LogP contribution in [0.5, 0.6) is 0 Å². The van der Waals surface area contributed by atoms with Crippen molar-refractivity contribution in [3.63, 3.8) is 0 Å². The average Bonchev–Trinajstić information content (AvgIpc) is 2.88. The highest BCUT2D eigenvalue weighted by molar-refractivity contribution is 7.98. The normalized spacial score (nSPS) is 15.1. The Hall–Kier alpha value is -2.32. The molecule has 0 N–H and O–H groups in total. The molecule has 2 aromatic carbocycles. The van der Waals surface area contributed by atoms with Gasteiger partial charge in [0.15, 0.2) is 0 Å². The molecule has 0 saturated carbocycles. The number of fused-ring (bicyclic) bond motifs is 1. The summed E-state index contributed by atoms with van der Waals surface area (Å²) in [5.74, 6) is 1.54. The number of aryl methyl sites for hydroxylation is 1. The number of thioether (sulfide) groups is 1. The van der Waals surface area contributed by atoms with E-state index in [-0.39, 0.29) is 0 Å². The van der Waals surface area contributed by atoms with E-state index in [4.69, 9.17) is 0 Å². The first-order valence-electron chi connectivity index (χ1n) is 12.7. The maximum atomic E-state index is 4.05. The van der Waals surface area contributed by atoms with Crippen LogP contribution in [0.1, 0.15) is 76.5 Å². The standard InChI is InChI=1S/C19H22S.C9H13N.C4H8/c1-3-14-7-8-17-12-18(10-9-16(17)11-14)15-5-4-6-19(13-15)20-2;1-3-8(2)9-5-4-6-10-7-9;1-4(2)3/h4-6,9-10,12-14H,3,7-8,11H2,1-2H3;4-8H,3H2,1-2H3;1H2,2-3H3. The monoisotopic (exact) mass is 473 g/mol. The number of pyridine rings is 1. The summed E-state index contributed by atoms with van der Waals surface area (Å²) in [5, 5.41) is 0. The molecule has 2 heteroatoms. The fourth-order valence-corrected chi connectivity index (χ4v) is 4.52. The summed E-state index contributed by atoms with van der Waals surface area (Å²) < 4.78 is 0. The predicted molar refractivity (Wildman–Crippen MR) is 153 cm³/mol. The molecule has 0 amide bonds. The molecular formula is C32H43NS. The highest BCUT2D eigenvalue weighted by Gasteiger charge is 2.17. The summed E-state index contributed by atoms with van der Waals surface area (Å²) in [6.45, 7) is 14.2. The molecule has 182 valence electrons. The number of rotatable bonds is 5. The third-order valence-electron chi connectivity index (χ3n) is 6.38. The van der Waals surface area contributed by atoms with Gasteiger partial charge in [-0.25, -0.2) is 0 Å². The van der Waals surface area contributed by atoms with Crippen molar-refractivity contribution in [1.82, 2.24) is 4.98 Å². The van der Waals surface area contributed by atoms with E-state index in [0.29, 0.717) is 5.92 Å². The second-order valence-electron chi connectivity index (χ2n) is 9.54. The summed E-state index contributed by atoms with van der Waals surface area (Å²) in [6.07, 6.45) is 12.3. The molecule has 0 spiro atoms. The van der Waals surface area contributed by atoms with Crippen molar-refractivity contribution in [2.45, 2.75) is 77.5 Å². The molecular weight excluding hydrogens is 430 g/mol. The van der Waals surface area contributed by atoms with Gasteiger partial charge in [0.25, 0.3) is 0 Å². The third-order valence-corrected chi connectivity index (χ3v) is 7.11. The van der Waals surface area contributed by atoms with Crippen LogP contribution in [-0.2, 0) is 12.8 Å². The maximum Gasteiger partial charge on any atom is 0.0302 e. The van der Waals surface area contributed by atoms with Gasteiger partial charge in [0.05, 0.1) is 0 Å². The van der Waals surface area contributed by atoms with Crippen LogP contribution < -0.4 is 0 Å². The SMILES string of the molecule is C=C(C)C.CCC(C)c1cccnc1.CCC1CCc2cc(-c3cccc(SC)c3)ccc2C1. The molecule has 2 unspecified atom stereocenters. The number of benzene rings is 2. The van der Waals surface area contributed by atoms with Crippen molar-refractivity contribution < 1.29 is 0 Å². The zero-order valence-electron chi connectivity index (χ0n) is 22.1. The Bertz CT molecular complexity index is 1000. The lowest BCUT2D eigenvalue weighted by atomic mass is 9.81. The number of hydrogen-bond donors (Lipinski definition) is 0. The van der Waals surface area contributed by atoms with Crippen molar-refractivity contribution in [2.24, 2.45) is 5.92 Å². The van der Waals surface area contributed by atoms with E-state index in [9.17, 15) is 0 Å². The van der Waals surface area contributed by atoms with Crippen molar-refractivity contribution in [3.8, 4) is 11.1 Å². The van der Waals surface area contributed by atoms with E-state index < -0.39 is 0 Å². The van der Waals surface area contributed by atoms with Crippen LogP contribution in [0, 0.1) is 5.92 Å². The van der Waals surface area contributed by atoms with Gasteiger partial charge in [-0.05, 0) is 104 Å². The van der Waals surface area contributed by atoms with Crippen molar-refractivity contribution >= 4 is 11.8 Å². The van der Waals surface area contributed by atoms with Gasteiger partial charge >= 0.3 is 0 Å². The zero-order chi connectivity index (χ0) is 24.9. The van der Waals surface area contributed by atoms with Crippen molar-refractivity contribution in [3.05, 3.63) is 95.8 Å². The lowest BCUT2D eigenvalue weighted by Gasteiger charge is -2.24. The molecule has 0 saturated heterocycles. The molecule has 3 aromatic rings. The fraction of sp³-hybridized carbons (Fsp3) is 0.406. The molecule has 0 fully saturated rings. The van der Waals surface area contributed by atoms with Gasteiger partial charge in [0.2, 0.25) is 0 Å². The average molecular weight is 474 g/mol. The van der Waals surface area contributed by atoms with Gasteiger partial charge < -0.3 is 0 Å². The van der Waals surface area contributed by atoms with Crippen LogP contribution in [0.15, 0.2) is 84.0 Å². The largest absolute Gasteiger partial charge is 0.264 e. The highest BCUT2D eigenvalue weighted by Crippen LogP contribution is 2.32. The summed E-state index contributed by atoms with van der Waals surface area (Å²) in [5.41, 5.74) is 8.37. The van der Waals surface area contributed by atoms with Gasteiger partial charge in [0, 0.05) is 17.3 Å². The van der Waals surface area contributed by atoms with Crippen LogP contribution in [0.25, 0.3) is 11.1 Å². The minimum atomic E-state index is 0.647. The lowest BCUT2D eigenvalue weighted by Crippen LogP contribution is -2.13. The molecule has 0 aliphatic heterocycles. The Kier molecular flexibility index (Phi) is 12.2. The van der Waals surface area contributed by atoms with Crippen LogP contribution in [0.4, 0.5) is 0 Å². The van der Waals surface area contributed by atoms with Crippen LogP contribution in [0.3, 0.4) is 0 Å². The zero-order valence-corrected chi connectivity index (χ0v) is 22.9. The van der Waals surface area contributed by atoms with Gasteiger partial charge in [-0.3, -0.25) is 4.98 Å². The molecule has 1 heterocycles. The maximum absolute atomic E-state index is 4.05. The first-order chi connectivity index (χ1) is 16.4. The summed E-state index contributed by atoms with van der Waals surface area (Å²) in [4.78, 5) is 5.39. The lowest BCUT2D eigenvalue weighted by molar-refractivity contribution is 0.445. The summed E-state index contributed by atoms with van der Waals surface area (Å²) in [6, 6.07) is 20.0. The quantitative estimate of drug-likeness (QED) is 0.270. The minimum absolute atomic E-state index is 0.647. The molecule has 0 radical (unpaired) electrons. The van der Waals surface area contributed by atoms with E-state index in [1.807, 2.05) is 44.1 Å². The Morgan fingerprint density at radius 2 is 1.76 bits per heavy atom. The van der Waals surface area contributed by atoms with Crippen LogP contribution in [0.2, 0.25) is 0 Å². The van der Waals surface area contributed by atoms with Crippen molar-refractivity contribution in [2.75, 3.05) is 6.26 Å². The number of allylic oxidation sites excluding steroid dienone is 1. The summed E-state index contributed by atoms with van der Waals surface area (Å²) >= 11 is 1.81. The third kappa shape index (κ3) is 9.14. The van der Waals surface area contributed by atoms with E-state index >= 15 is 0 Å². The minimum Gasteiger partial charge on any atom is -0.264 e. The smallest absolute Gasteiger partial charge is 0.0302 e. The molecule has 4 rings (SSSR count). The van der Waals surface area contributed by atoms with Gasteiger partial charge in [-0.1, -0.05) is 69.2 Å². The van der Waals surface area contributed by atoms with E-state index in [2.05, 4.69) is 87.1 Å². The molecule has 34 heavy (non-hydrogen) atoms. The fourth-order valence-electron chi connectivity index (χ4n) is 4.06. The Balaban J connectivity index is 0.000000244. The van der Waals surface area contributed by atoms with Gasteiger partial charge in [-0.2, -0.15) is 0 Å². The second kappa shape index (κ2) is 14.8. The topological polar surface area (TPSA) is 12.9 Å². The first-order valence-corrected chi connectivity index (χ1v) is 13.9. The highest BCUT2D eigenvalue weighted by atomic mass is 32.2. The number of hydrogen-bond acceptors (Lipinski definition) is 2. The number of nitrogens with zero attached hydrogens (tertiary/aromatic N) is 1. The van der Waals surface area contributed by atoms with E-state index in [1.165, 1.54) is 59.3 Å². The number of aromatic nitrogens is 1. The predicted octanol–water partition coefficient (Wildman–Crippen LogP) is 9.77. The van der Waals surface area contributed by atoms with Gasteiger partial charge in [0.1, 0.15) is 0 Å². The van der Waals surface area contributed by atoms with E-state index in [1.54, 1.807) is 11.1 Å². The van der Waals surface area contributed by atoms with Crippen LogP contribution in [-0.4, -0.2) is 11.2 Å². The Morgan fingerprint density at radius 3 is 2.38 bits per heavy atom. The molecule has 1 aliphatic rings. The summed E-state index contributed by atoms with van der Waals surface area (Å²) in [7, 11) is 0. The second-order valence-corrected chi connectivity index (χ2v) is 10.4. The molecule has 1 aliphatic carbocycles. The Labute approximate surface area is 213 Å². The molecule has 1 nitrogen and oxygen atoms in total. The van der Waals surface area contributed by atoms with E-state index in [0.717, 1.165) is 5.92 Å². The van der Waals surface area contributed by atoms with Crippen molar-refractivity contribution in [1.29, 1.82) is 0 Å². The van der Waals surface area contributed by atoms with Crippen LogP contribution >= 0.6 is 11.8 Å². The molecule has 1 aromatic heterocycles.